The van der Waals surface area contributed by atoms with E-state index in [-0.39, 0.29) is 40.9 Å². The number of rotatable bonds is 6. The molecule has 0 unspecified atom stereocenters. The van der Waals surface area contributed by atoms with Crippen LogP contribution in [0.25, 0.3) is 0 Å². The highest BCUT2D eigenvalue weighted by Crippen LogP contribution is 2.81. The van der Waals surface area contributed by atoms with E-state index >= 15 is 0 Å². The number of epoxide rings is 2. The first-order chi connectivity index (χ1) is 15.6. The Hall–Kier alpha value is -0.610. The molecule has 0 bridgehead atoms. The SMILES string of the molecule is CC(=O)O[C@H]1CC[C@]2(C)[C@H]3CC[C@]4(C)[C@@H]([C@H](C)CCCC(C)C)CC[C@H]4[C@@]34O[C@H]4[C@H]3O[C@]32C1. The van der Waals surface area contributed by atoms with Crippen LogP contribution in [0.1, 0.15) is 106 Å². The van der Waals surface area contributed by atoms with Crippen molar-refractivity contribution >= 4 is 5.97 Å². The van der Waals surface area contributed by atoms with Crippen molar-refractivity contribution in [3.8, 4) is 0 Å². The first-order valence-electron chi connectivity index (χ1n) is 14.1. The first-order valence-corrected chi connectivity index (χ1v) is 14.1. The summed E-state index contributed by atoms with van der Waals surface area (Å²) in [5, 5.41) is 0. The summed E-state index contributed by atoms with van der Waals surface area (Å²) >= 11 is 0. The molecule has 2 aliphatic heterocycles. The highest BCUT2D eigenvalue weighted by atomic mass is 16.7. The lowest BCUT2D eigenvalue weighted by atomic mass is 9.44. The maximum atomic E-state index is 11.6. The van der Waals surface area contributed by atoms with E-state index in [1.54, 1.807) is 0 Å². The molecule has 0 aromatic carbocycles. The average Bonchev–Trinajstić information content (AvgIpc) is 3.59. The minimum absolute atomic E-state index is 0.0169. The van der Waals surface area contributed by atoms with E-state index in [0.717, 1.165) is 37.0 Å². The lowest BCUT2D eigenvalue weighted by Gasteiger charge is -2.58. The van der Waals surface area contributed by atoms with Gasteiger partial charge in [0.05, 0.1) is 0 Å². The van der Waals surface area contributed by atoms with Crippen molar-refractivity contribution in [3.05, 3.63) is 0 Å². The fraction of sp³-hybridized carbons (Fsp3) is 0.966. The van der Waals surface area contributed by atoms with Gasteiger partial charge in [-0.3, -0.25) is 4.79 Å². The lowest BCUT2D eigenvalue weighted by molar-refractivity contribution is -0.157. The summed E-state index contributed by atoms with van der Waals surface area (Å²) in [4.78, 5) is 11.6. The van der Waals surface area contributed by atoms with E-state index in [1.807, 2.05) is 0 Å². The number of esters is 1. The van der Waals surface area contributed by atoms with Crippen LogP contribution in [0.2, 0.25) is 0 Å². The van der Waals surface area contributed by atoms with Crippen LogP contribution in [0.5, 0.6) is 0 Å². The molecule has 6 fully saturated rings. The summed E-state index contributed by atoms with van der Waals surface area (Å²) in [6.07, 6.45) is 13.0. The van der Waals surface area contributed by atoms with Gasteiger partial charge in [0.25, 0.3) is 0 Å². The molecule has 0 aromatic heterocycles. The number of fused-ring (bicyclic) bond motifs is 3. The lowest BCUT2D eigenvalue weighted by Crippen LogP contribution is -2.63. The van der Waals surface area contributed by atoms with Gasteiger partial charge >= 0.3 is 5.97 Å². The second-order valence-electron chi connectivity index (χ2n) is 13.8. The molecular weight excluding hydrogens is 412 g/mol. The van der Waals surface area contributed by atoms with Crippen LogP contribution < -0.4 is 0 Å². The Kier molecular flexibility index (Phi) is 4.99. The third-order valence-electron chi connectivity index (χ3n) is 11.9. The van der Waals surface area contributed by atoms with Crippen molar-refractivity contribution in [1.29, 1.82) is 0 Å². The molecular formula is C29H46O4. The standard InChI is InChI=1S/C29H46O4/c1-17(2)8-7-9-18(3)21-10-11-22-26(21,5)14-13-23-27(6)15-12-20(31-19(4)30)16-28(27)24(32-28)25-29(22,23)33-25/h17-18,20-25H,7-16H2,1-6H3/t18-,20+,21-,22-,23-,24-,25+,26-,27-,28-,29-/m1/s1. The molecule has 4 aliphatic carbocycles. The van der Waals surface area contributed by atoms with Gasteiger partial charge in [-0.1, -0.05) is 53.9 Å². The highest BCUT2D eigenvalue weighted by Gasteiger charge is 2.90. The predicted molar refractivity (Wildman–Crippen MR) is 128 cm³/mol. The van der Waals surface area contributed by atoms with Crippen LogP contribution in [-0.2, 0) is 19.0 Å². The van der Waals surface area contributed by atoms with Crippen molar-refractivity contribution in [2.45, 2.75) is 135 Å². The van der Waals surface area contributed by atoms with E-state index in [1.165, 1.54) is 51.9 Å². The monoisotopic (exact) mass is 458 g/mol. The molecule has 0 amide bonds. The molecule has 0 aromatic rings. The van der Waals surface area contributed by atoms with E-state index < -0.39 is 0 Å². The van der Waals surface area contributed by atoms with Crippen LogP contribution in [0.15, 0.2) is 0 Å². The van der Waals surface area contributed by atoms with E-state index in [9.17, 15) is 4.79 Å². The maximum Gasteiger partial charge on any atom is 0.302 e. The van der Waals surface area contributed by atoms with E-state index in [2.05, 4.69) is 34.6 Å². The molecule has 6 aliphatic rings. The summed E-state index contributed by atoms with van der Waals surface area (Å²) in [7, 11) is 0. The van der Waals surface area contributed by atoms with Gasteiger partial charge < -0.3 is 14.2 Å². The molecule has 0 N–H and O–H groups in total. The van der Waals surface area contributed by atoms with Crippen molar-refractivity contribution in [2.75, 3.05) is 0 Å². The molecule has 33 heavy (non-hydrogen) atoms. The van der Waals surface area contributed by atoms with Gasteiger partial charge in [-0.15, -0.1) is 0 Å². The average molecular weight is 459 g/mol. The normalized spacial score (nSPS) is 54.4. The van der Waals surface area contributed by atoms with Crippen LogP contribution in [0.3, 0.4) is 0 Å². The van der Waals surface area contributed by atoms with Crippen molar-refractivity contribution in [1.82, 2.24) is 0 Å². The van der Waals surface area contributed by atoms with Crippen LogP contribution >= 0.6 is 0 Å². The largest absolute Gasteiger partial charge is 0.462 e. The summed E-state index contributed by atoms with van der Waals surface area (Å²) in [5.41, 5.74) is 0.524. The Morgan fingerprint density at radius 2 is 1.76 bits per heavy atom. The molecule has 0 radical (unpaired) electrons. The molecule has 2 saturated heterocycles. The summed E-state index contributed by atoms with van der Waals surface area (Å²) in [5.74, 6) is 3.61. The van der Waals surface area contributed by atoms with Crippen LogP contribution in [-0.4, -0.2) is 35.5 Å². The number of carbonyl (C=O) groups excluding carboxylic acids is 1. The Morgan fingerprint density at radius 3 is 2.48 bits per heavy atom. The second kappa shape index (κ2) is 7.21. The van der Waals surface area contributed by atoms with Crippen molar-refractivity contribution in [3.63, 3.8) is 0 Å². The third kappa shape index (κ3) is 2.92. The fourth-order valence-corrected chi connectivity index (χ4v) is 10.4. The Balaban J connectivity index is 1.23. The smallest absolute Gasteiger partial charge is 0.302 e. The molecule has 2 spiro atoms. The second-order valence-corrected chi connectivity index (χ2v) is 13.8. The van der Waals surface area contributed by atoms with Gasteiger partial charge in [0.1, 0.15) is 29.5 Å². The zero-order chi connectivity index (χ0) is 23.4. The van der Waals surface area contributed by atoms with E-state index in [4.69, 9.17) is 14.2 Å². The molecule has 11 atom stereocenters. The van der Waals surface area contributed by atoms with Gasteiger partial charge in [-0.25, -0.2) is 0 Å². The summed E-state index contributed by atoms with van der Waals surface area (Å²) in [6, 6.07) is 0. The number of hydrogen-bond acceptors (Lipinski definition) is 4. The van der Waals surface area contributed by atoms with Gasteiger partial charge in [-0.05, 0) is 73.5 Å². The zero-order valence-electron chi connectivity index (χ0n) is 21.8. The minimum Gasteiger partial charge on any atom is -0.462 e. The molecule has 4 saturated carbocycles. The van der Waals surface area contributed by atoms with Crippen LogP contribution in [0, 0.1) is 40.4 Å². The van der Waals surface area contributed by atoms with Crippen molar-refractivity contribution < 1.29 is 19.0 Å². The number of ether oxygens (including phenoxy) is 3. The Morgan fingerprint density at radius 1 is 0.970 bits per heavy atom. The Labute approximate surface area is 200 Å². The topological polar surface area (TPSA) is 51.4 Å². The van der Waals surface area contributed by atoms with Gasteiger partial charge in [0, 0.05) is 18.8 Å². The minimum atomic E-state index is -0.155. The number of hydrogen-bond donors (Lipinski definition) is 0. The van der Waals surface area contributed by atoms with Crippen molar-refractivity contribution in [2.24, 2.45) is 40.4 Å². The van der Waals surface area contributed by atoms with E-state index in [0.29, 0.717) is 17.3 Å². The highest BCUT2D eigenvalue weighted by molar-refractivity contribution is 5.66. The molecule has 2 heterocycles. The predicted octanol–water partition coefficient (Wildman–Crippen LogP) is 6.30. The zero-order valence-corrected chi connectivity index (χ0v) is 21.8. The molecule has 4 nitrogen and oxygen atoms in total. The van der Waals surface area contributed by atoms with Gasteiger partial charge in [0.2, 0.25) is 0 Å². The summed E-state index contributed by atoms with van der Waals surface area (Å²) < 4.78 is 19.2. The van der Waals surface area contributed by atoms with Gasteiger partial charge in [0.15, 0.2) is 0 Å². The quantitative estimate of drug-likeness (QED) is 0.346. The molecule has 186 valence electrons. The molecule has 4 heteroatoms. The fourth-order valence-electron chi connectivity index (χ4n) is 10.4. The van der Waals surface area contributed by atoms with Crippen LogP contribution in [0.4, 0.5) is 0 Å². The first kappa shape index (κ1) is 22.8. The number of carbonyl (C=O) groups is 1. The molecule has 6 rings (SSSR count). The van der Waals surface area contributed by atoms with Gasteiger partial charge in [-0.2, -0.15) is 0 Å². The maximum absolute atomic E-state index is 11.6. The summed E-state index contributed by atoms with van der Waals surface area (Å²) in [6.45, 7) is 13.9. The third-order valence-corrected chi connectivity index (χ3v) is 11.9. The Bertz CT molecular complexity index is 824.